The maximum atomic E-state index is 11.9. The lowest BCUT2D eigenvalue weighted by Gasteiger charge is -2.21. The molecule has 1 N–H and O–H groups in total. The second-order valence-electron chi connectivity index (χ2n) is 4.89. The van der Waals surface area contributed by atoms with Crippen LogP contribution in [0.15, 0.2) is 27.8 Å². The van der Waals surface area contributed by atoms with Gasteiger partial charge in [-0.1, -0.05) is 27.7 Å². The van der Waals surface area contributed by atoms with Crippen LogP contribution in [0.5, 0.6) is 5.75 Å². The number of halogens is 1. The van der Waals surface area contributed by atoms with Gasteiger partial charge >= 0.3 is 10.1 Å². The number of amidine groups is 1. The predicted molar refractivity (Wildman–Crippen MR) is 93.7 cm³/mol. The van der Waals surface area contributed by atoms with Crippen molar-refractivity contribution in [2.45, 2.75) is 19.2 Å². The van der Waals surface area contributed by atoms with Crippen LogP contribution in [0, 0.1) is 0 Å². The quantitative estimate of drug-likeness (QED) is 0.725. The van der Waals surface area contributed by atoms with E-state index in [0.717, 1.165) is 23.0 Å². The smallest absolute Gasteiger partial charge is 0.306 e. The monoisotopic (exact) mass is 435 g/mol. The molecule has 0 spiro atoms. The molecule has 0 radical (unpaired) electrons. The third kappa shape index (κ3) is 4.71. The van der Waals surface area contributed by atoms with Crippen LogP contribution in [0.4, 0.5) is 0 Å². The number of hydrazone groups is 1. The van der Waals surface area contributed by atoms with Crippen molar-refractivity contribution in [2.75, 3.05) is 6.26 Å². The topological polar surface area (TPSA) is 105 Å². The minimum Gasteiger partial charge on any atom is -0.382 e. The van der Waals surface area contributed by atoms with E-state index in [0.29, 0.717) is 10.0 Å². The summed E-state index contributed by atoms with van der Waals surface area (Å²) in [6.45, 7) is 2.65. The molecule has 11 heteroatoms. The first-order valence-electron chi connectivity index (χ1n) is 6.58. The van der Waals surface area contributed by atoms with E-state index < -0.39 is 15.5 Å². The van der Waals surface area contributed by atoms with Gasteiger partial charge in [-0.2, -0.15) is 8.42 Å². The Morgan fingerprint density at radius 1 is 1.38 bits per heavy atom. The molecule has 1 heterocycles. The number of nitrogens with one attached hydrogen (secondary N) is 1. The average Bonchev–Trinajstić information content (AvgIpc) is 2.82. The Morgan fingerprint density at radius 2 is 2.04 bits per heavy atom. The molecule has 2 amide bonds. The predicted octanol–water partition coefficient (Wildman–Crippen LogP) is 1.79. The van der Waals surface area contributed by atoms with E-state index in [1.54, 1.807) is 12.1 Å². The van der Waals surface area contributed by atoms with Gasteiger partial charge in [0.05, 0.1) is 6.26 Å². The van der Waals surface area contributed by atoms with E-state index in [9.17, 15) is 18.0 Å². The molecule has 1 aliphatic rings. The number of hydrogen-bond donors (Lipinski definition) is 1. The highest BCUT2D eigenvalue weighted by Gasteiger charge is 2.35. The van der Waals surface area contributed by atoms with E-state index >= 15 is 0 Å². The molecule has 0 unspecified atom stereocenters. The number of thioether (sulfide) groups is 1. The van der Waals surface area contributed by atoms with Gasteiger partial charge in [-0.3, -0.25) is 9.59 Å². The first-order valence-corrected chi connectivity index (χ1v) is 10.1. The van der Waals surface area contributed by atoms with Crippen molar-refractivity contribution in [3.05, 3.63) is 28.2 Å². The zero-order chi connectivity index (χ0) is 18.1. The van der Waals surface area contributed by atoms with Crippen LogP contribution < -0.4 is 9.50 Å². The number of hydrogen-bond acceptors (Lipinski definition) is 7. The summed E-state index contributed by atoms with van der Waals surface area (Å²) < 4.78 is 28.6. The van der Waals surface area contributed by atoms with E-state index in [-0.39, 0.29) is 22.7 Å². The Labute approximate surface area is 151 Å². The van der Waals surface area contributed by atoms with Crippen LogP contribution in [0.2, 0.25) is 0 Å². The van der Waals surface area contributed by atoms with E-state index in [1.807, 2.05) is 0 Å². The Kier molecular flexibility index (Phi) is 5.56. The third-order valence-corrected chi connectivity index (χ3v) is 4.79. The van der Waals surface area contributed by atoms with Crippen molar-refractivity contribution in [1.82, 2.24) is 10.3 Å². The van der Waals surface area contributed by atoms with Crippen molar-refractivity contribution in [1.29, 1.82) is 0 Å². The van der Waals surface area contributed by atoms with Crippen LogP contribution in [-0.4, -0.2) is 36.7 Å². The van der Waals surface area contributed by atoms with Gasteiger partial charge in [0, 0.05) is 23.9 Å². The number of rotatable bonds is 3. The molecule has 0 aliphatic carbocycles. The fourth-order valence-electron chi connectivity index (χ4n) is 1.92. The molecule has 130 valence electrons. The zero-order valence-electron chi connectivity index (χ0n) is 12.9. The molecule has 1 atom stereocenters. The normalized spacial score (nSPS) is 17.4. The SMILES string of the molecule is CC(=O)NC1=NN(C(C)=O)[C@@H](c2cc(Br)ccc2OS(C)(=O)=O)S1. The Balaban J connectivity index is 2.44. The molecule has 8 nitrogen and oxygen atoms in total. The number of nitrogens with zero attached hydrogens (tertiary/aromatic N) is 2. The summed E-state index contributed by atoms with van der Waals surface area (Å²) in [5, 5.41) is 7.32. The Bertz CT molecular complexity index is 825. The first-order chi connectivity index (χ1) is 11.1. The van der Waals surface area contributed by atoms with E-state index in [2.05, 4.69) is 26.3 Å². The van der Waals surface area contributed by atoms with Gasteiger partial charge in [-0.15, -0.1) is 5.10 Å². The van der Waals surface area contributed by atoms with Gasteiger partial charge in [0.1, 0.15) is 11.1 Å². The molecule has 0 saturated heterocycles. The summed E-state index contributed by atoms with van der Waals surface area (Å²) in [7, 11) is -3.75. The largest absolute Gasteiger partial charge is 0.382 e. The molecule has 0 fully saturated rings. The summed E-state index contributed by atoms with van der Waals surface area (Å²) in [6.07, 6.45) is 0.933. The first kappa shape index (κ1) is 18.7. The van der Waals surface area contributed by atoms with Crippen molar-refractivity contribution in [2.24, 2.45) is 5.10 Å². The Hall–Kier alpha value is -1.59. The highest BCUT2D eigenvalue weighted by atomic mass is 79.9. The van der Waals surface area contributed by atoms with Crippen LogP contribution in [0.25, 0.3) is 0 Å². The van der Waals surface area contributed by atoms with Gasteiger partial charge in [0.25, 0.3) is 0 Å². The van der Waals surface area contributed by atoms with Crippen LogP contribution in [-0.2, 0) is 19.7 Å². The molecule has 0 bridgehead atoms. The summed E-state index contributed by atoms with van der Waals surface area (Å²) in [6, 6.07) is 4.74. The molecular weight excluding hydrogens is 422 g/mol. The molecule has 0 aromatic heterocycles. The van der Waals surface area contributed by atoms with Crippen molar-refractivity contribution in [3.63, 3.8) is 0 Å². The molecule has 24 heavy (non-hydrogen) atoms. The maximum absolute atomic E-state index is 11.9. The number of amides is 2. The minimum absolute atomic E-state index is 0.0868. The lowest BCUT2D eigenvalue weighted by atomic mass is 10.2. The lowest BCUT2D eigenvalue weighted by Crippen LogP contribution is -2.25. The molecular formula is C13H14BrN3O5S2. The fourth-order valence-corrected chi connectivity index (χ4v) is 3.93. The van der Waals surface area contributed by atoms with E-state index in [1.165, 1.54) is 19.9 Å². The fraction of sp³-hybridized carbons (Fsp3) is 0.308. The standard InChI is InChI=1S/C13H14BrN3O5S2/c1-7(18)15-13-16-17(8(2)19)12(23-13)10-6-9(14)4-5-11(10)22-24(3,20)21/h4-6,12H,1-3H3,(H,15,16,18)/t12-/m1/s1. The van der Waals surface area contributed by atoms with Gasteiger partial charge in [0.2, 0.25) is 11.8 Å². The zero-order valence-corrected chi connectivity index (χ0v) is 16.2. The number of benzene rings is 1. The van der Waals surface area contributed by atoms with E-state index in [4.69, 9.17) is 4.18 Å². The lowest BCUT2D eigenvalue weighted by molar-refractivity contribution is -0.129. The summed E-state index contributed by atoms with van der Waals surface area (Å²) in [5.74, 6) is -0.603. The van der Waals surface area contributed by atoms with Gasteiger partial charge in [-0.25, -0.2) is 5.01 Å². The second kappa shape index (κ2) is 7.11. The van der Waals surface area contributed by atoms with Crippen LogP contribution in [0.3, 0.4) is 0 Å². The molecule has 1 aromatic rings. The average molecular weight is 436 g/mol. The highest BCUT2D eigenvalue weighted by Crippen LogP contribution is 2.43. The van der Waals surface area contributed by atoms with Crippen LogP contribution in [0.1, 0.15) is 24.8 Å². The molecule has 1 aliphatic heterocycles. The second-order valence-corrected chi connectivity index (χ2v) is 8.45. The van der Waals surface area contributed by atoms with Crippen molar-refractivity contribution in [3.8, 4) is 5.75 Å². The third-order valence-electron chi connectivity index (χ3n) is 2.73. The maximum Gasteiger partial charge on any atom is 0.306 e. The summed E-state index contributed by atoms with van der Waals surface area (Å²) in [4.78, 5) is 23.1. The van der Waals surface area contributed by atoms with Crippen molar-refractivity contribution >= 4 is 54.8 Å². The minimum atomic E-state index is -3.75. The molecule has 1 aromatic carbocycles. The van der Waals surface area contributed by atoms with Crippen molar-refractivity contribution < 1.29 is 22.2 Å². The van der Waals surface area contributed by atoms with Gasteiger partial charge in [0.15, 0.2) is 5.17 Å². The Morgan fingerprint density at radius 3 is 2.58 bits per heavy atom. The van der Waals surface area contributed by atoms with Crippen LogP contribution >= 0.6 is 27.7 Å². The highest BCUT2D eigenvalue weighted by molar-refractivity contribution is 9.10. The van der Waals surface area contributed by atoms with Gasteiger partial charge in [-0.05, 0) is 18.2 Å². The number of carbonyl (C=O) groups is 2. The van der Waals surface area contributed by atoms with Gasteiger partial charge < -0.3 is 9.50 Å². The summed E-state index contributed by atoms with van der Waals surface area (Å²) >= 11 is 4.42. The molecule has 2 rings (SSSR count). The summed E-state index contributed by atoms with van der Waals surface area (Å²) in [5.41, 5.74) is 0.430. The molecule has 0 saturated carbocycles. The number of carbonyl (C=O) groups excluding carboxylic acids is 2.